The Morgan fingerprint density at radius 3 is 2.65 bits per heavy atom. The Morgan fingerprint density at radius 2 is 2.18 bits per heavy atom. The summed E-state index contributed by atoms with van der Waals surface area (Å²) in [7, 11) is 3.79. The highest BCUT2D eigenvalue weighted by Crippen LogP contribution is 2.28. The van der Waals surface area contributed by atoms with Gasteiger partial charge in [-0.05, 0) is 18.6 Å². The van der Waals surface area contributed by atoms with E-state index in [4.69, 9.17) is 15.6 Å². The van der Waals surface area contributed by atoms with Crippen LogP contribution >= 0.6 is 0 Å². The largest absolute Gasteiger partial charge is 0.479 e. The number of aliphatic carboxylic acids is 1. The van der Waals surface area contributed by atoms with Gasteiger partial charge in [-0.1, -0.05) is 6.92 Å². The number of benzene rings is 1. The number of carboxylic acid groups (broad SMARTS) is 1. The van der Waals surface area contributed by atoms with Crippen molar-refractivity contribution < 1.29 is 14.6 Å². The first-order valence-electron chi connectivity index (χ1n) is 5.42. The Kier molecular flexibility index (Phi) is 4.20. The van der Waals surface area contributed by atoms with Crippen molar-refractivity contribution in [3.05, 3.63) is 18.2 Å². The number of nitrogens with zero attached hydrogens (tertiary/aromatic N) is 1. The van der Waals surface area contributed by atoms with Crippen molar-refractivity contribution in [1.29, 1.82) is 0 Å². The highest BCUT2D eigenvalue weighted by molar-refractivity contribution is 5.73. The highest BCUT2D eigenvalue weighted by atomic mass is 16.5. The van der Waals surface area contributed by atoms with Gasteiger partial charge >= 0.3 is 5.97 Å². The molecule has 3 N–H and O–H groups in total. The number of nitrogen functional groups attached to an aromatic ring is 1. The lowest BCUT2D eigenvalue weighted by Crippen LogP contribution is -2.26. The topological polar surface area (TPSA) is 75.8 Å². The summed E-state index contributed by atoms with van der Waals surface area (Å²) in [6.45, 7) is 1.75. The van der Waals surface area contributed by atoms with E-state index in [-0.39, 0.29) is 0 Å². The number of ether oxygens (including phenoxy) is 1. The molecule has 1 aromatic rings. The third-order valence-corrected chi connectivity index (χ3v) is 2.43. The van der Waals surface area contributed by atoms with Gasteiger partial charge in [0, 0.05) is 25.8 Å². The third kappa shape index (κ3) is 3.27. The van der Waals surface area contributed by atoms with Crippen LogP contribution in [0.4, 0.5) is 11.4 Å². The van der Waals surface area contributed by atoms with E-state index in [0.29, 0.717) is 17.9 Å². The van der Waals surface area contributed by atoms with E-state index in [1.807, 2.05) is 25.1 Å². The number of carbonyl (C=O) groups is 1. The molecule has 0 saturated heterocycles. The van der Waals surface area contributed by atoms with Crippen LogP contribution in [0.25, 0.3) is 0 Å². The molecule has 0 fully saturated rings. The minimum Gasteiger partial charge on any atom is -0.479 e. The molecule has 0 spiro atoms. The van der Waals surface area contributed by atoms with Crippen LogP contribution in [0.2, 0.25) is 0 Å². The van der Waals surface area contributed by atoms with E-state index in [9.17, 15) is 4.79 Å². The first-order chi connectivity index (χ1) is 7.95. The van der Waals surface area contributed by atoms with E-state index in [1.54, 1.807) is 19.1 Å². The van der Waals surface area contributed by atoms with Gasteiger partial charge in [0.05, 0.1) is 5.69 Å². The van der Waals surface area contributed by atoms with E-state index < -0.39 is 12.1 Å². The van der Waals surface area contributed by atoms with E-state index >= 15 is 0 Å². The summed E-state index contributed by atoms with van der Waals surface area (Å²) in [6, 6.07) is 5.30. The van der Waals surface area contributed by atoms with Gasteiger partial charge in [0.25, 0.3) is 0 Å². The van der Waals surface area contributed by atoms with Crippen LogP contribution in [0, 0.1) is 0 Å². The predicted molar refractivity (Wildman–Crippen MR) is 67.5 cm³/mol. The minimum atomic E-state index is -0.984. The number of anilines is 2. The molecule has 1 rings (SSSR count). The summed E-state index contributed by atoms with van der Waals surface area (Å²) >= 11 is 0. The van der Waals surface area contributed by atoms with Crippen LogP contribution in [0.1, 0.15) is 13.3 Å². The van der Waals surface area contributed by atoms with Gasteiger partial charge in [-0.3, -0.25) is 0 Å². The average Bonchev–Trinajstić information content (AvgIpc) is 2.27. The molecular weight excluding hydrogens is 220 g/mol. The molecule has 0 aliphatic heterocycles. The van der Waals surface area contributed by atoms with Crippen LogP contribution in [0.5, 0.6) is 5.75 Å². The van der Waals surface area contributed by atoms with Gasteiger partial charge in [0.2, 0.25) is 0 Å². The molecule has 94 valence electrons. The standard InChI is InChI=1S/C12H18N2O3/c1-4-10(12(15)16)17-11-7-8(14(2)3)5-6-9(11)13/h5-7,10H,4,13H2,1-3H3,(H,15,16). The zero-order valence-corrected chi connectivity index (χ0v) is 10.3. The van der Waals surface area contributed by atoms with Gasteiger partial charge < -0.3 is 20.5 Å². The predicted octanol–water partition coefficient (Wildman–Crippen LogP) is 1.58. The van der Waals surface area contributed by atoms with Crippen molar-refractivity contribution in [2.75, 3.05) is 24.7 Å². The molecule has 5 heteroatoms. The second-order valence-corrected chi connectivity index (χ2v) is 3.97. The Bertz CT molecular complexity index is 405. The first kappa shape index (κ1) is 13.2. The number of nitrogens with two attached hydrogens (primary N) is 1. The first-order valence-corrected chi connectivity index (χ1v) is 5.42. The molecule has 0 radical (unpaired) electrons. The Balaban J connectivity index is 2.96. The van der Waals surface area contributed by atoms with Gasteiger partial charge in [-0.2, -0.15) is 0 Å². The number of carboxylic acids is 1. The van der Waals surface area contributed by atoms with Gasteiger partial charge in [0.1, 0.15) is 5.75 Å². The molecule has 0 heterocycles. The molecule has 1 atom stereocenters. The summed E-state index contributed by atoms with van der Waals surface area (Å²) in [5, 5.41) is 8.93. The van der Waals surface area contributed by atoms with Crippen LogP contribution < -0.4 is 15.4 Å². The van der Waals surface area contributed by atoms with Crippen molar-refractivity contribution in [2.24, 2.45) is 0 Å². The lowest BCUT2D eigenvalue weighted by molar-refractivity contribution is -0.145. The van der Waals surface area contributed by atoms with Crippen LogP contribution in [0.3, 0.4) is 0 Å². The molecule has 17 heavy (non-hydrogen) atoms. The maximum Gasteiger partial charge on any atom is 0.344 e. The monoisotopic (exact) mass is 238 g/mol. The lowest BCUT2D eigenvalue weighted by atomic mass is 10.2. The van der Waals surface area contributed by atoms with Crippen molar-refractivity contribution in [3.8, 4) is 5.75 Å². The molecule has 0 amide bonds. The second kappa shape index (κ2) is 5.43. The van der Waals surface area contributed by atoms with E-state index in [0.717, 1.165) is 5.69 Å². The Morgan fingerprint density at radius 1 is 1.53 bits per heavy atom. The summed E-state index contributed by atoms with van der Waals surface area (Å²) in [4.78, 5) is 12.8. The zero-order valence-electron chi connectivity index (χ0n) is 10.3. The fourth-order valence-corrected chi connectivity index (χ4v) is 1.36. The van der Waals surface area contributed by atoms with Crippen molar-refractivity contribution in [3.63, 3.8) is 0 Å². The maximum atomic E-state index is 10.9. The average molecular weight is 238 g/mol. The molecule has 0 aliphatic carbocycles. The third-order valence-electron chi connectivity index (χ3n) is 2.43. The normalized spacial score (nSPS) is 11.9. The highest BCUT2D eigenvalue weighted by Gasteiger charge is 2.18. The molecule has 0 aromatic heterocycles. The van der Waals surface area contributed by atoms with E-state index in [1.165, 1.54) is 0 Å². The van der Waals surface area contributed by atoms with Crippen LogP contribution in [-0.4, -0.2) is 31.3 Å². The maximum absolute atomic E-state index is 10.9. The molecule has 0 aliphatic rings. The Labute approximate surface area is 101 Å². The summed E-state index contributed by atoms with van der Waals surface area (Å²) < 4.78 is 5.40. The molecule has 5 nitrogen and oxygen atoms in total. The molecule has 1 aromatic carbocycles. The minimum absolute atomic E-state index is 0.390. The van der Waals surface area contributed by atoms with Crippen molar-refractivity contribution in [2.45, 2.75) is 19.4 Å². The fraction of sp³-hybridized carbons (Fsp3) is 0.417. The molecular formula is C12H18N2O3. The summed E-state index contributed by atoms with van der Waals surface area (Å²) in [5.41, 5.74) is 7.11. The van der Waals surface area contributed by atoms with Gasteiger partial charge in [-0.15, -0.1) is 0 Å². The van der Waals surface area contributed by atoms with Gasteiger partial charge in [0.15, 0.2) is 6.10 Å². The fourth-order valence-electron chi connectivity index (χ4n) is 1.36. The molecule has 0 saturated carbocycles. The van der Waals surface area contributed by atoms with Crippen molar-refractivity contribution >= 4 is 17.3 Å². The second-order valence-electron chi connectivity index (χ2n) is 3.97. The van der Waals surface area contributed by atoms with Gasteiger partial charge in [-0.25, -0.2) is 4.79 Å². The number of hydrogen-bond donors (Lipinski definition) is 2. The molecule has 0 bridgehead atoms. The smallest absolute Gasteiger partial charge is 0.344 e. The molecule has 1 unspecified atom stereocenters. The van der Waals surface area contributed by atoms with Crippen molar-refractivity contribution in [1.82, 2.24) is 0 Å². The summed E-state index contributed by atoms with van der Waals surface area (Å²) in [6.07, 6.45) is -0.476. The summed E-state index contributed by atoms with van der Waals surface area (Å²) in [5.74, 6) is -0.576. The van der Waals surface area contributed by atoms with Crippen LogP contribution in [-0.2, 0) is 4.79 Å². The van der Waals surface area contributed by atoms with E-state index in [2.05, 4.69) is 0 Å². The lowest BCUT2D eigenvalue weighted by Gasteiger charge is -2.18. The Hall–Kier alpha value is -1.91. The SMILES string of the molecule is CCC(Oc1cc(N(C)C)ccc1N)C(=O)O. The number of rotatable bonds is 5. The zero-order chi connectivity index (χ0) is 13.0. The van der Waals surface area contributed by atoms with Crippen LogP contribution in [0.15, 0.2) is 18.2 Å². The number of hydrogen-bond acceptors (Lipinski definition) is 4. The quantitative estimate of drug-likeness (QED) is 0.762.